The number of thiophene rings is 1. The fraction of sp³-hybridized carbons (Fsp3) is 0.222. The average Bonchev–Trinajstić information content (AvgIpc) is 3.13. The summed E-state index contributed by atoms with van der Waals surface area (Å²) in [4.78, 5) is 23.4. The topological polar surface area (TPSA) is 99.2 Å². The van der Waals surface area contributed by atoms with Crippen molar-refractivity contribution in [1.29, 1.82) is 0 Å². The van der Waals surface area contributed by atoms with E-state index >= 15 is 0 Å². The van der Waals surface area contributed by atoms with E-state index in [0.717, 1.165) is 15.6 Å². The highest BCUT2D eigenvalue weighted by molar-refractivity contribution is 7.91. The Morgan fingerprint density at radius 1 is 1.17 bits per heavy atom. The van der Waals surface area contributed by atoms with Crippen LogP contribution in [-0.4, -0.2) is 52.5 Å². The van der Waals surface area contributed by atoms with Gasteiger partial charge in [-0.2, -0.15) is 4.31 Å². The Labute approximate surface area is 177 Å². The smallest absolute Gasteiger partial charge is 0.330 e. The summed E-state index contributed by atoms with van der Waals surface area (Å²) >= 11 is 6.67. The van der Waals surface area contributed by atoms with Crippen molar-refractivity contribution in [1.82, 2.24) is 4.31 Å². The first kappa shape index (κ1) is 22.9. The van der Waals surface area contributed by atoms with Gasteiger partial charge in [0.05, 0.1) is 18.6 Å². The van der Waals surface area contributed by atoms with Gasteiger partial charge in [-0.05, 0) is 35.9 Å². The highest BCUT2D eigenvalue weighted by Gasteiger charge is 2.25. The fourth-order valence-corrected chi connectivity index (χ4v) is 4.92. The third kappa shape index (κ3) is 6.04. The Balaban J connectivity index is 2.09. The third-order valence-corrected chi connectivity index (χ3v) is 7.09. The van der Waals surface area contributed by atoms with Crippen molar-refractivity contribution in [2.75, 3.05) is 27.8 Å². The molecule has 2 aromatic rings. The average molecular weight is 460 g/mol. The fourth-order valence-electron chi connectivity index (χ4n) is 2.12. The summed E-state index contributed by atoms with van der Waals surface area (Å²) in [5, 5.41) is 0. The van der Waals surface area contributed by atoms with E-state index in [1.165, 1.54) is 51.6 Å². The molecule has 0 fully saturated rings. The Hall–Kier alpha value is -2.40. The largest absolute Gasteiger partial charge is 0.493 e. The Morgan fingerprint density at radius 2 is 1.90 bits per heavy atom. The lowest BCUT2D eigenvalue weighted by molar-refractivity contribution is -0.135. The van der Waals surface area contributed by atoms with E-state index in [4.69, 9.17) is 21.1 Å². The highest BCUT2D eigenvalue weighted by Crippen LogP contribution is 2.30. The van der Waals surface area contributed by atoms with Gasteiger partial charge in [0.1, 0.15) is 10.8 Å². The molecule has 0 radical (unpaired) electrons. The molecule has 0 atom stereocenters. The lowest BCUT2D eigenvalue weighted by Crippen LogP contribution is -2.33. The zero-order chi connectivity index (χ0) is 21.6. The van der Waals surface area contributed by atoms with Crippen LogP contribution in [0.3, 0.4) is 0 Å². The van der Waals surface area contributed by atoms with Gasteiger partial charge in [0, 0.05) is 13.1 Å². The molecule has 156 valence electrons. The van der Waals surface area contributed by atoms with E-state index in [1.807, 2.05) is 0 Å². The summed E-state index contributed by atoms with van der Waals surface area (Å²) in [6.45, 7) is -0.509. The molecule has 0 aliphatic carbocycles. The number of likely N-dealkylation sites (N-methyl/N-ethyl adjacent to an activating group) is 1. The molecule has 0 amide bonds. The SMILES string of the molecule is COC(=O)/C=C/c1ccc(OC(=O)CN(C)S(=O)(=O)c2ccc(Cl)s2)c(OC)c1. The number of hydrogen-bond donors (Lipinski definition) is 0. The van der Waals surface area contributed by atoms with E-state index in [2.05, 4.69) is 4.74 Å². The number of sulfonamides is 1. The molecule has 29 heavy (non-hydrogen) atoms. The van der Waals surface area contributed by atoms with Gasteiger partial charge >= 0.3 is 11.9 Å². The summed E-state index contributed by atoms with van der Waals surface area (Å²) in [6.07, 6.45) is 2.74. The predicted octanol–water partition coefficient (Wildman–Crippen LogP) is 2.82. The summed E-state index contributed by atoms with van der Waals surface area (Å²) in [6, 6.07) is 7.45. The second kappa shape index (κ2) is 9.88. The monoisotopic (exact) mass is 459 g/mol. The Morgan fingerprint density at radius 3 is 2.48 bits per heavy atom. The Kier molecular flexibility index (Phi) is 7.80. The molecule has 0 saturated heterocycles. The number of rotatable bonds is 8. The second-order valence-electron chi connectivity index (χ2n) is 5.56. The molecule has 0 aliphatic rings. The van der Waals surface area contributed by atoms with Crippen LogP contribution in [0.25, 0.3) is 6.08 Å². The van der Waals surface area contributed by atoms with Crippen molar-refractivity contribution < 1.29 is 32.2 Å². The van der Waals surface area contributed by atoms with Crippen LogP contribution < -0.4 is 9.47 Å². The number of esters is 2. The summed E-state index contributed by atoms with van der Waals surface area (Å²) < 4.78 is 41.1. The molecular weight excluding hydrogens is 442 g/mol. The van der Waals surface area contributed by atoms with Crippen LogP contribution in [0.5, 0.6) is 11.5 Å². The quantitative estimate of drug-likeness (QED) is 0.340. The van der Waals surface area contributed by atoms with Crippen LogP contribution in [-0.2, 0) is 24.3 Å². The number of ether oxygens (including phenoxy) is 3. The first-order valence-corrected chi connectivity index (χ1v) is 10.7. The van der Waals surface area contributed by atoms with Crippen LogP contribution in [0, 0.1) is 0 Å². The molecule has 1 aromatic carbocycles. The predicted molar refractivity (Wildman–Crippen MR) is 109 cm³/mol. The lowest BCUT2D eigenvalue weighted by Gasteiger charge is -2.16. The molecule has 11 heteroatoms. The molecule has 1 aromatic heterocycles. The van der Waals surface area contributed by atoms with E-state index in [0.29, 0.717) is 9.90 Å². The van der Waals surface area contributed by atoms with Gasteiger partial charge in [0.2, 0.25) is 0 Å². The first-order chi connectivity index (χ1) is 13.7. The molecule has 8 nitrogen and oxygen atoms in total. The van der Waals surface area contributed by atoms with Crippen molar-refractivity contribution in [2.45, 2.75) is 4.21 Å². The normalized spacial score (nSPS) is 11.6. The minimum absolute atomic E-state index is 0.0251. The molecule has 1 heterocycles. The van der Waals surface area contributed by atoms with Crippen LogP contribution in [0.1, 0.15) is 5.56 Å². The van der Waals surface area contributed by atoms with Gasteiger partial charge < -0.3 is 14.2 Å². The number of hydrogen-bond acceptors (Lipinski definition) is 8. The van der Waals surface area contributed by atoms with Gasteiger partial charge in [-0.15, -0.1) is 11.3 Å². The van der Waals surface area contributed by atoms with Gasteiger partial charge in [-0.1, -0.05) is 17.7 Å². The van der Waals surface area contributed by atoms with Crippen LogP contribution in [0.2, 0.25) is 4.34 Å². The minimum Gasteiger partial charge on any atom is -0.493 e. The third-order valence-electron chi connectivity index (χ3n) is 3.59. The van der Waals surface area contributed by atoms with Gasteiger partial charge in [0.25, 0.3) is 10.0 Å². The van der Waals surface area contributed by atoms with Crippen LogP contribution >= 0.6 is 22.9 Å². The second-order valence-corrected chi connectivity index (χ2v) is 9.55. The zero-order valence-corrected chi connectivity index (χ0v) is 18.1. The van der Waals surface area contributed by atoms with Crippen molar-refractivity contribution in [3.05, 3.63) is 46.3 Å². The van der Waals surface area contributed by atoms with Crippen LogP contribution in [0.4, 0.5) is 0 Å². The molecule has 0 aliphatic heterocycles. The summed E-state index contributed by atoms with van der Waals surface area (Å²) in [7, 11) is 0.0529. The number of nitrogens with zero attached hydrogens (tertiary/aromatic N) is 1. The number of methoxy groups -OCH3 is 2. The Bertz CT molecular complexity index is 1030. The zero-order valence-electron chi connectivity index (χ0n) is 15.7. The first-order valence-electron chi connectivity index (χ1n) is 8.03. The lowest BCUT2D eigenvalue weighted by atomic mass is 10.2. The van der Waals surface area contributed by atoms with Gasteiger partial charge in [-0.25, -0.2) is 13.2 Å². The highest BCUT2D eigenvalue weighted by atomic mass is 35.5. The number of carbonyl (C=O) groups is 2. The molecule has 2 rings (SSSR count). The summed E-state index contributed by atoms with van der Waals surface area (Å²) in [5.41, 5.74) is 0.612. The molecular formula is C18H18ClNO7S2. The van der Waals surface area contributed by atoms with Crippen LogP contribution in [0.15, 0.2) is 40.6 Å². The number of benzene rings is 1. The van der Waals surface area contributed by atoms with E-state index in [1.54, 1.807) is 12.1 Å². The van der Waals surface area contributed by atoms with Crippen molar-refractivity contribution in [3.63, 3.8) is 0 Å². The molecule has 0 bridgehead atoms. The standard InChI is InChI=1S/C18H18ClNO7S2/c1-20(29(23,24)18-9-7-15(19)28-18)11-17(22)27-13-6-4-12(10-14(13)25-2)5-8-16(21)26-3/h4-10H,11H2,1-3H3/b8-5+. The summed E-state index contributed by atoms with van der Waals surface area (Å²) in [5.74, 6) is -0.968. The van der Waals surface area contributed by atoms with Crippen molar-refractivity contribution in [2.24, 2.45) is 0 Å². The van der Waals surface area contributed by atoms with E-state index < -0.39 is 28.5 Å². The maximum Gasteiger partial charge on any atom is 0.330 e. The molecule has 0 N–H and O–H groups in total. The minimum atomic E-state index is -3.86. The molecule has 0 saturated carbocycles. The van der Waals surface area contributed by atoms with E-state index in [-0.39, 0.29) is 15.7 Å². The molecule has 0 unspecified atom stereocenters. The molecule has 0 spiro atoms. The van der Waals surface area contributed by atoms with Gasteiger partial charge in [-0.3, -0.25) is 4.79 Å². The number of halogens is 1. The maximum absolute atomic E-state index is 12.5. The maximum atomic E-state index is 12.5. The number of carbonyl (C=O) groups excluding carboxylic acids is 2. The van der Waals surface area contributed by atoms with E-state index in [9.17, 15) is 18.0 Å². The van der Waals surface area contributed by atoms with Crippen molar-refractivity contribution >= 4 is 51.0 Å². The van der Waals surface area contributed by atoms with Crippen molar-refractivity contribution in [3.8, 4) is 11.5 Å². The van der Waals surface area contributed by atoms with Gasteiger partial charge in [0.15, 0.2) is 11.5 Å².